The van der Waals surface area contributed by atoms with Crippen molar-refractivity contribution in [2.24, 2.45) is 7.05 Å². The van der Waals surface area contributed by atoms with E-state index in [2.05, 4.69) is 0 Å². The van der Waals surface area contributed by atoms with E-state index in [-0.39, 0.29) is 10.9 Å². The first-order chi connectivity index (χ1) is 10.4. The number of aryl methyl sites for hydroxylation is 1. The molecule has 7 heteroatoms. The number of sulfonamides is 1. The second kappa shape index (κ2) is 5.48. The van der Waals surface area contributed by atoms with Crippen molar-refractivity contribution >= 4 is 10.0 Å². The lowest BCUT2D eigenvalue weighted by atomic mass is 10.1. The van der Waals surface area contributed by atoms with E-state index < -0.39 is 21.7 Å². The molecule has 2 heterocycles. The molecule has 1 saturated heterocycles. The fraction of sp³-hybridized carbons (Fsp3) is 0.333. The van der Waals surface area contributed by atoms with Gasteiger partial charge in [-0.05, 0) is 37.1 Å². The van der Waals surface area contributed by atoms with E-state index in [1.165, 1.54) is 4.31 Å². The van der Waals surface area contributed by atoms with Crippen LogP contribution in [0, 0.1) is 11.6 Å². The molecule has 0 aliphatic carbocycles. The smallest absolute Gasteiger partial charge is 0.243 e. The molecule has 1 fully saturated rings. The van der Waals surface area contributed by atoms with Crippen LogP contribution < -0.4 is 0 Å². The molecule has 1 atom stereocenters. The maximum Gasteiger partial charge on any atom is 0.243 e. The largest absolute Gasteiger partial charge is 0.353 e. The Morgan fingerprint density at radius 2 is 1.86 bits per heavy atom. The number of hydrogen-bond acceptors (Lipinski definition) is 2. The Labute approximate surface area is 128 Å². The van der Waals surface area contributed by atoms with Crippen molar-refractivity contribution in [1.82, 2.24) is 8.87 Å². The molecule has 1 aliphatic heterocycles. The number of rotatable bonds is 3. The monoisotopic (exact) mass is 326 g/mol. The molecule has 1 aromatic carbocycles. The Kier molecular flexibility index (Phi) is 3.78. The summed E-state index contributed by atoms with van der Waals surface area (Å²) < 4.78 is 55.4. The van der Waals surface area contributed by atoms with Gasteiger partial charge in [0.05, 0.1) is 10.9 Å². The Morgan fingerprint density at radius 3 is 2.45 bits per heavy atom. The minimum Gasteiger partial charge on any atom is -0.353 e. The van der Waals surface area contributed by atoms with E-state index >= 15 is 0 Å². The zero-order chi connectivity index (χ0) is 15.9. The van der Waals surface area contributed by atoms with Crippen LogP contribution in [0.4, 0.5) is 8.78 Å². The second-order valence-corrected chi connectivity index (χ2v) is 7.31. The molecule has 4 nitrogen and oxygen atoms in total. The first-order valence-electron chi connectivity index (χ1n) is 6.99. The highest BCUT2D eigenvalue weighted by molar-refractivity contribution is 7.89. The van der Waals surface area contributed by atoms with Gasteiger partial charge in [-0.3, -0.25) is 0 Å². The lowest BCUT2D eigenvalue weighted by Gasteiger charge is -2.24. The topological polar surface area (TPSA) is 42.3 Å². The average Bonchev–Trinajstić information content (AvgIpc) is 3.05. The fourth-order valence-electron chi connectivity index (χ4n) is 2.96. The average molecular weight is 326 g/mol. The highest BCUT2D eigenvalue weighted by Gasteiger charge is 2.37. The van der Waals surface area contributed by atoms with Crippen LogP contribution in [0.25, 0.3) is 0 Å². The maximum atomic E-state index is 13.4. The van der Waals surface area contributed by atoms with Gasteiger partial charge >= 0.3 is 0 Å². The van der Waals surface area contributed by atoms with Gasteiger partial charge in [0.25, 0.3) is 0 Å². The quantitative estimate of drug-likeness (QED) is 0.870. The van der Waals surface area contributed by atoms with Gasteiger partial charge in [-0.15, -0.1) is 0 Å². The Bertz CT molecular complexity index is 781. The highest BCUT2D eigenvalue weighted by atomic mass is 32.2. The fourth-order valence-corrected chi connectivity index (χ4v) is 4.67. The molecule has 0 bridgehead atoms. The molecule has 0 saturated carbocycles. The summed E-state index contributed by atoms with van der Waals surface area (Å²) in [5, 5.41) is 0. The van der Waals surface area contributed by atoms with E-state index in [0.29, 0.717) is 25.5 Å². The molecule has 22 heavy (non-hydrogen) atoms. The summed E-state index contributed by atoms with van der Waals surface area (Å²) in [5.74, 6) is -1.79. The Morgan fingerprint density at radius 1 is 1.18 bits per heavy atom. The van der Waals surface area contributed by atoms with E-state index in [4.69, 9.17) is 0 Å². The lowest BCUT2D eigenvalue weighted by molar-refractivity contribution is 0.383. The number of nitrogens with zero attached hydrogens (tertiary/aromatic N) is 2. The third-order valence-electron chi connectivity index (χ3n) is 3.97. The summed E-state index contributed by atoms with van der Waals surface area (Å²) in [6.07, 6.45) is 3.25. The zero-order valence-electron chi connectivity index (χ0n) is 12.0. The molecule has 0 unspecified atom stereocenters. The predicted octanol–water partition coefficient (Wildman–Crippen LogP) is 2.83. The molecule has 0 radical (unpaired) electrons. The van der Waals surface area contributed by atoms with Crippen LogP contribution in [0.15, 0.2) is 41.4 Å². The van der Waals surface area contributed by atoms with Crippen molar-refractivity contribution in [3.8, 4) is 0 Å². The van der Waals surface area contributed by atoms with Crippen molar-refractivity contribution in [2.45, 2.75) is 23.8 Å². The predicted molar refractivity (Wildman–Crippen MR) is 77.6 cm³/mol. The van der Waals surface area contributed by atoms with Crippen molar-refractivity contribution in [2.75, 3.05) is 6.54 Å². The second-order valence-electron chi connectivity index (χ2n) is 5.42. The molecule has 118 valence electrons. The Hall–Kier alpha value is -1.73. The van der Waals surface area contributed by atoms with Gasteiger partial charge in [0.2, 0.25) is 10.0 Å². The minimum absolute atomic E-state index is 0.309. The normalized spacial score (nSPS) is 19.7. The number of benzene rings is 1. The van der Waals surface area contributed by atoms with Crippen LogP contribution in [0.3, 0.4) is 0 Å². The summed E-state index contributed by atoms with van der Waals surface area (Å²) >= 11 is 0. The minimum atomic E-state index is -3.94. The first-order valence-corrected chi connectivity index (χ1v) is 8.43. The van der Waals surface area contributed by atoms with Crippen LogP contribution in [0.2, 0.25) is 0 Å². The zero-order valence-corrected chi connectivity index (χ0v) is 12.9. The number of hydrogen-bond donors (Lipinski definition) is 0. The lowest BCUT2D eigenvalue weighted by Crippen LogP contribution is -2.31. The van der Waals surface area contributed by atoms with Gasteiger partial charge in [0, 0.05) is 31.5 Å². The summed E-state index contributed by atoms with van der Waals surface area (Å²) in [6, 6.07) is 5.79. The molecular weight excluding hydrogens is 310 g/mol. The summed E-state index contributed by atoms with van der Waals surface area (Å²) in [7, 11) is -2.09. The van der Waals surface area contributed by atoms with Crippen LogP contribution in [-0.4, -0.2) is 23.8 Å². The van der Waals surface area contributed by atoms with Crippen molar-refractivity contribution in [3.05, 3.63) is 53.9 Å². The SMILES string of the molecule is Cn1cccc1[C@@H]1CCCN1S(=O)(=O)c1cc(F)cc(F)c1. The van der Waals surface area contributed by atoms with E-state index in [0.717, 1.165) is 17.8 Å². The van der Waals surface area contributed by atoms with Crippen molar-refractivity contribution < 1.29 is 17.2 Å². The van der Waals surface area contributed by atoms with E-state index in [1.54, 1.807) is 0 Å². The van der Waals surface area contributed by atoms with Gasteiger partial charge in [-0.2, -0.15) is 4.31 Å². The number of halogens is 2. The number of aromatic nitrogens is 1. The van der Waals surface area contributed by atoms with E-state index in [1.807, 2.05) is 29.9 Å². The molecule has 0 amide bonds. The van der Waals surface area contributed by atoms with Gasteiger partial charge in [0.15, 0.2) is 0 Å². The molecule has 3 rings (SSSR count). The van der Waals surface area contributed by atoms with Crippen LogP contribution in [0.1, 0.15) is 24.6 Å². The molecule has 2 aromatic rings. The highest BCUT2D eigenvalue weighted by Crippen LogP contribution is 2.36. The van der Waals surface area contributed by atoms with E-state index in [9.17, 15) is 17.2 Å². The maximum absolute atomic E-state index is 13.4. The van der Waals surface area contributed by atoms with Crippen LogP contribution in [0.5, 0.6) is 0 Å². The van der Waals surface area contributed by atoms with Gasteiger partial charge in [0.1, 0.15) is 11.6 Å². The summed E-state index contributed by atoms with van der Waals surface area (Å²) in [6.45, 7) is 0.344. The van der Waals surface area contributed by atoms with Crippen molar-refractivity contribution in [1.29, 1.82) is 0 Å². The van der Waals surface area contributed by atoms with Crippen molar-refractivity contribution in [3.63, 3.8) is 0 Å². The Balaban J connectivity index is 2.02. The van der Waals surface area contributed by atoms with Gasteiger partial charge < -0.3 is 4.57 Å². The van der Waals surface area contributed by atoms with Crippen LogP contribution >= 0.6 is 0 Å². The molecular formula is C15H16F2N2O2S. The van der Waals surface area contributed by atoms with Crippen LogP contribution in [-0.2, 0) is 17.1 Å². The summed E-state index contributed by atoms with van der Waals surface area (Å²) in [5.41, 5.74) is 0.873. The van der Waals surface area contributed by atoms with Gasteiger partial charge in [-0.1, -0.05) is 0 Å². The molecule has 1 aromatic heterocycles. The molecule has 0 N–H and O–H groups in total. The third-order valence-corrected chi connectivity index (χ3v) is 5.86. The molecule has 1 aliphatic rings. The summed E-state index contributed by atoms with van der Waals surface area (Å²) in [4.78, 5) is -0.342. The van der Waals surface area contributed by atoms with Gasteiger partial charge in [-0.25, -0.2) is 17.2 Å². The molecule has 0 spiro atoms. The standard InChI is InChI=1S/C15H16F2N2O2S/c1-18-6-2-4-14(18)15-5-3-7-19(15)22(20,21)13-9-11(16)8-12(17)10-13/h2,4,6,8-10,15H,3,5,7H2,1H3/t15-/m0/s1. The first kappa shape index (κ1) is 15.2. The third kappa shape index (κ3) is 2.55.